The Morgan fingerprint density at radius 2 is 0.742 bits per heavy atom. The smallest absolute Gasteiger partial charge is 0.298 e. The summed E-state index contributed by atoms with van der Waals surface area (Å²) in [5.41, 5.74) is -8.62. The van der Waals surface area contributed by atoms with Crippen LogP contribution in [0.2, 0.25) is 0 Å². The molecule has 62 heavy (non-hydrogen) atoms. The van der Waals surface area contributed by atoms with Crippen LogP contribution < -0.4 is 0 Å². The Bertz CT molecular complexity index is 1590. The van der Waals surface area contributed by atoms with Gasteiger partial charge in [-0.05, 0) is 116 Å². The Balaban J connectivity index is 2.50. The molecule has 1 unspecified atom stereocenters. The fourth-order valence-corrected chi connectivity index (χ4v) is 9.12. The van der Waals surface area contributed by atoms with Crippen LogP contribution in [-0.2, 0) is 63.1 Å². The van der Waals surface area contributed by atoms with Crippen molar-refractivity contribution in [2.24, 2.45) is 44.3 Å². The minimum Gasteiger partial charge on any atom is -0.298 e. The molecule has 13 nitrogen and oxygen atoms in total. The largest absolute Gasteiger partial charge is 0.367 e. The number of carbonyl (C=O) groups excluding carboxylic acids is 5. The van der Waals surface area contributed by atoms with E-state index in [0.717, 1.165) is 0 Å². The van der Waals surface area contributed by atoms with Crippen LogP contribution in [0.25, 0.3) is 0 Å². The predicted octanol–water partition coefficient (Wildman–Crippen LogP) is 11.0. The SMILES string of the molecule is CC(C)(C)CC(C)(C)OOC(=O)C1(C(=O)OOC(C)(C)CC(C)(C)C)C=CC(C(=O)C2C=CCC(C(=O)OOC(C)(C)CC(C)(C)C)(C(=O)OOC(C)(C)CC(C)(C)C)C2)C=C1. The van der Waals surface area contributed by atoms with E-state index in [2.05, 4.69) is 0 Å². The van der Waals surface area contributed by atoms with E-state index in [0.29, 0.717) is 25.7 Å². The Morgan fingerprint density at radius 1 is 0.452 bits per heavy atom. The summed E-state index contributed by atoms with van der Waals surface area (Å²) >= 11 is 0. The molecule has 0 amide bonds. The lowest BCUT2D eigenvalue weighted by atomic mass is 9.69. The predicted molar refractivity (Wildman–Crippen MR) is 235 cm³/mol. The van der Waals surface area contributed by atoms with Crippen molar-refractivity contribution in [3.8, 4) is 0 Å². The van der Waals surface area contributed by atoms with Gasteiger partial charge >= 0.3 is 23.9 Å². The second-order valence-electron chi connectivity index (χ2n) is 24.8. The third-order valence-electron chi connectivity index (χ3n) is 9.88. The molecule has 0 aliphatic heterocycles. The van der Waals surface area contributed by atoms with E-state index in [1.165, 1.54) is 24.3 Å². The van der Waals surface area contributed by atoms with Crippen molar-refractivity contribution in [3.05, 3.63) is 36.5 Å². The maximum Gasteiger partial charge on any atom is 0.367 e. The summed E-state index contributed by atoms with van der Waals surface area (Å²) in [5.74, 6) is -6.76. The average molecular weight is 877 g/mol. The lowest BCUT2D eigenvalue weighted by Gasteiger charge is -2.36. The van der Waals surface area contributed by atoms with Crippen molar-refractivity contribution in [2.45, 2.75) is 199 Å². The lowest BCUT2D eigenvalue weighted by molar-refractivity contribution is -0.348. The van der Waals surface area contributed by atoms with Gasteiger partial charge in [0, 0.05) is 5.92 Å². The van der Waals surface area contributed by atoms with E-state index >= 15 is 0 Å². The molecule has 2 aliphatic rings. The molecule has 0 fully saturated rings. The van der Waals surface area contributed by atoms with E-state index in [1.54, 1.807) is 67.5 Å². The highest BCUT2D eigenvalue weighted by Crippen LogP contribution is 2.43. The highest BCUT2D eigenvalue weighted by atomic mass is 17.2. The summed E-state index contributed by atoms with van der Waals surface area (Å²) < 4.78 is 0. The molecule has 0 aromatic heterocycles. The summed E-state index contributed by atoms with van der Waals surface area (Å²) in [6.45, 7) is 38.3. The van der Waals surface area contributed by atoms with Crippen molar-refractivity contribution in [1.82, 2.24) is 0 Å². The van der Waals surface area contributed by atoms with Gasteiger partial charge in [0.1, 0.15) is 28.2 Å². The zero-order chi connectivity index (χ0) is 48.2. The topological polar surface area (TPSA) is 159 Å². The molecule has 0 aromatic carbocycles. The molecule has 0 saturated carbocycles. The molecule has 2 rings (SSSR count). The standard InChI is InChI=1S/C49H80O13/c1-40(2,3)29-44(13,14)59-55-36(51)48(37(52)56-60-45(15,16)30-41(4,5)6)26-23-33(24-27-48)35(50)34-22-21-25-49(28-34,38(53)57-61-46(17,18)31-42(7,8)9)39(54)58-62-47(19,20)32-43(10,11)12/h21-24,26-27,33-34H,25,28-32H2,1-20H3. The molecule has 2 aliphatic carbocycles. The monoisotopic (exact) mass is 877 g/mol. The molecule has 0 spiro atoms. The summed E-state index contributed by atoms with van der Waals surface area (Å²) in [4.78, 5) is 115. The second kappa shape index (κ2) is 19.4. The van der Waals surface area contributed by atoms with Gasteiger partial charge in [-0.15, -0.1) is 0 Å². The van der Waals surface area contributed by atoms with Crippen LogP contribution in [0.1, 0.15) is 177 Å². The number of carbonyl (C=O) groups is 5. The van der Waals surface area contributed by atoms with Gasteiger partial charge in [0.2, 0.25) is 5.41 Å². The molecule has 0 aromatic rings. The van der Waals surface area contributed by atoms with Gasteiger partial charge in [-0.25, -0.2) is 19.2 Å². The third-order valence-corrected chi connectivity index (χ3v) is 9.88. The second-order valence-corrected chi connectivity index (χ2v) is 24.8. The Hall–Kier alpha value is -3.39. The Morgan fingerprint density at radius 3 is 1.03 bits per heavy atom. The number of rotatable bonds is 18. The van der Waals surface area contributed by atoms with Crippen molar-refractivity contribution in [3.63, 3.8) is 0 Å². The highest BCUT2D eigenvalue weighted by Gasteiger charge is 2.55. The minimum absolute atomic E-state index is 0.158. The normalized spacial score (nSPS) is 18.9. The first-order valence-electron chi connectivity index (χ1n) is 21.8. The van der Waals surface area contributed by atoms with Crippen molar-refractivity contribution >= 4 is 29.7 Å². The molecule has 0 saturated heterocycles. The number of hydrogen-bond acceptors (Lipinski definition) is 13. The zero-order valence-electron chi connectivity index (χ0n) is 41.7. The molecule has 13 heteroatoms. The fourth-order valence-electron chi connectivity index (χ4n) is 9.12. The zero-order valence-corrected chi connectivity index (χ0v) is 41.7. The number of ketones is 1. The lowest BCUT2D eigenvalue weighted by Crippen LogP contribution is -2.48. The first-order valence-corrected chi connectivity index (χ1v) is 21.8. The van der Waals surface area contributed by atoms with Crippen LogP contribution in [0.4, 0.5) is 0 Å². The number of hydrogen-bond donors (Lipinski definition) is 0. The van der Waals surface area contributed by atoms with Crippen LogP contribution >= 0.6 is 0 Å². The number of allylic oxidation sites excluding steroid dienone is 4. The maximum atomic E-state index is 14.4. The van der Waals surface area contributed by atoms with E-state index < -0.39 is 74.7 Å². The quantitative estimate of drug-likeness (QED) is 0.0554. The van der Waals surface area contributed by atoms with Crippen molar-refractivity contribution < 1.29 is 63.1 Å². The Kier molecular flexibility index (Phi) is 17.1. The van der Waals surface area contributed by atoms with Gasteiger partial charge in [-0.2, -0.15) is 19.6 Å². The molecule has 1 atom stereocenters. The molecule has 0 radical (unpaired) electrons. The van der Waals surface area contributed by atoms with E-state index in [9.17, 15) is 24.0 Å². The first kappa shape index (κ1) is 54.7. The summed E-state index contributed by atoms with van der Waals surface area (Å²) in [6.07, 6.45) is 9.91. The Labute approximate surface area is 372 Å². The summed E-state index contributed by atoms with van der Waals surface area (Å²) in [7, 11) is 0. The van der Waals surface area contributed by atoms with Gasteiger partial charge in [-0.3, -0.25) is 24.3 Å². The van der Waals surface area contributed by atoms with Gasteiger partial charge in [0.25, 0.3) is 0 Å². The van der Waals surface area contributed by atoms with Gasteiger partial charge in [0.15, 0.2) is 5.41 Å². The fraction of sp³-hybridized carbons (Fsp3) is 0.776. The third kappa shape index (κ3) is 17.3. The number of Topliss-reactive ketones (excluding diaryl/α,β-unsaturated/α-hetero) is 1. The molecule has 0 bridgehead atoms. The van der Waals surface area contributed by atoms with Gasteiger partial charge < -0.3 is 0 Å². The molecule has 0 heterocycles. The van der Waals surface area contributed by atoms with E-state index in [1.807, 2.05) is 83.1 Å². The summed E-state index contributed by atoms with van der Waals surface area (Å²) in [5, 5.41) is 0. The van der Waals surface area contributed by atoms with Gasteiger partial charge in [-0.1, -0.05) is 120 Å². The van der Waals surface area contributed by atoms with Crippen LogP contribution in [0, 0.1) is 44.3 Å². The van der Waals surface area contributed by atoms with Crippen LogP contribution in [0.15, 0.2) is 36.5 Å². The first-order chi connectivity index (χ1) is 27.6. The van der Waals surface area contributed by atoms with Crippen LogP contribution in [-0.4, -0.2) is 52.1 Å². The molecular weight excluding hydrogens is 797 g/mol. The molecule has 354 valence electrons. The van der Waals surface area contributed by atoms with Crippen molar-refractivity contribution in [2.75, 3.05) is 0 Å². The van der Waals surface area contributed by atoms with Crippen LogP contribution in [0.5, 0.6) is 0 Å². The van der Waals surface area contributed by atoms with Crippen molar-refractivity contribution in [1.29, 1.82) is 0 Å². The minimum atomic E-state index is -2.19. The maximum absolute atomic E-state index is 14.4. The summed E-state index contributed by atoms with van der Waals surface area (Å²) in [6, 6.07) is 0. The molecular formula is C49H80O13. The molecule has 0 N–H and O–H groups in total. The van der Waals surface area contributed by atoms with E-state index in [4.69, 9.17) is 39.1 Å². The average Bonchev–Trinajstić information content (AvgIpc) is 3.06. The highest BCUT2D eigenvalue weighted by molar-refractivity contribution is 6.05. The van der Waals surface area contributed by atoms with Gasteiger partial charge in [0.05, 0.1) is 5.92 Å². The van der Waals surface area contributed by atoms with E-state index in [-0.39, 0.29) is 34.5 Å². The van der Waals surface area contributed by atoms with Crippen LogP contribution in [0.3, 0.4) is 0 Å².